The SMILES string of the molecule is COc1ccc(C2(NC(=O)CCNc3ncccn3)CCCC2)cc1. The molecule has 0 unspecified atom stereocenters. The van der Waals surface area contributed by atoms with Gasteiger partial charge in [-0.2, -0.15) is 0 Å². The standard InChI is InChI=1S/C19H24N4O2/c1-25-16-7-5-15(6-8-16)19(10-2-3-11-19)23-17(24)9-14-22-18-20-12-4-13-21-18/h4-8,12-13H,2-3,9-11,14H2,1H3,(H,23,24)(H,20,21,22). The first-order valence-corrected chi connectivity index (χ1v) is 8.68. The number of aromatic nitrogens is 2. The molecular formula is C19H24N4O2. The van der Waals surface area contributed by atoms with E-state index in [0.29, 0.717) is 18.9 Å². The highest BCUT2D eigenvalue weighted by Crippen LogP contribution is 2.39. The second-order valence-corrected chi connectivity index (χ2v) is 6.32. The molecule has 1 aliphatic rings. The van der Waals surface area contributed by atoms with Gasteiger partial charge in [0.05, 0.1) is 12.6 Å². The van der Waals surface area contributed by atoms with Crippen molar-refractivity contribution in [3.63, 3.8) is 0 Å². The number of ether oxygens (including phenoxy) is 1. The minimum absolute atomic E-state index is 0.0427. The first kappa shape index (κ1) is 17.2. The lowest BCUT2D eigenvalue weighted by atomic mass is 9.88. The third-order valence-corrected chi connectivity index (χ3v) is 4.68. The van der Waals surface area contributed by atoms with Gasteiger partial charge in [-0.25, -0.2) is 9.97 Å². The maximum atomic E-state index is 12.5. The molecule has 6 heteroatoms. The summed E-state index contributed by atoms with van der Waals surface area (Å²) in [5.41, 5.74) is 0.894. The molecule has 132 valence electrons. The highest BCUT2D eigenvalue weighted by Gasteiger charge is 2.36. The lowest BCUT2D eigenvalue weighted by molar-refractivity contribution is -0.122. The Morgan fingerprint density at radius 2 is 1.84 bits per heavy atom. The van der Waals surface area contributed by atoms with Crippen molar-refractivity contribution in [1.82, 2.24) is 15.3 Å². The number of nitrogens with one attached hydrogen (secondary N) is 2. The number of anilines is 1. The Bertz CT molecular complexity index is 682. The number of hydrogen-bond acceptors (Lipinski definition) is 5. The number of nitrogens with zero attached hydrogens (tertiary/aromatic N) is 2. The largest absolute Gasteiger partial charge is 0.497 e. The summed E-state index contributed by atoms with van der Waals surface area (Å²) in [4.78, 5) is 20.7. The number of amides is 1. The van der Waals surface area contributed by atoms with Gasteiger partial charge >= 0.3 is 0 Å². The van der Waals surface area contributed by atoms with E-state index in [1.54, 1.807) is 25.6 Å². The molecular weight excluding hydrogens is 316 g/mol. The number of benzene rings is 1. The van der Waals surface area contributed by atoms with Gasteiger partial charge in [0.15, 0.2) is 0 Å². The minimum Gasteiger partial charge on any atom is -0.497 e. The smallest absolute Gasteiger partial charge is 0.222 e. The maximum absolute atomic E-state index is 12.5. The van der Waals surface area contributed by atoms with Gasteiger partial charge in [0.1, 0.15) is 5.75 Å². The molecule has 25 heavy (non-hydrogen) atoms. The third-order valence-electron chi connectivity index (χ3n) is 4.68. The summed E-state index contributed by atoms with van der Waals surface area (Å²) in [6.07, 6.45) is 7.93. The summed E-state index contributed by atoms with van der Waals surface area (Å²) < 4.78 is 5.23. The fourth-order valence-corrected chi connectivity index (χ4v) is 3.38. The van der Waals surface area contributed by atoms with Crippen molar-refractivity contribution in [3.05, 3.63) is 48.3 Å². The Hall–Kier alpha value is -2.63. The molecule has 1 amide bonds. The second-order valence-electron chi connectivity index (χ2n) is 6.32. The third kappa shape index (κ3) is 4.26. The number of carbonyl (C=O) groups is 1. The van der Waals surface area contributed by atoms with Gasteiger partial charge in [-0.15, -0.1) is 0 Å². The first-order chi connectivity index (χ1) is 12.2. The lowest BCUT2D eigenvalue weighted by Gasteiger charge is -2.31. The molecule has 0 bridgehead atoms. The summed E-state index contributed by atoms with van der Waals surface area (Å²) in [5, 5.41) is 6.34. The molecule has 0 spiro atoms. The van der Waals surface area contributed by atoms with Crippen LogP contribution in [0.5, 0.6) is 5.75 Å². The van der Waals surface area contributed by atoms with Crippen molar-refractivity contribution in [3.8, 4) is 5.75 Å². The lowest BCUT2D eigenvalue weighted by Crippen LogP contribution is -2.44. The van der Waals surface area contributed by atoms with Crippen LogP contribution in [0, 0.1) is 0 Å². The zero-order chi connectivity index (χ0) is 17.5. The Morgan fingerprint density at radius 1 is 1.16 bits per heavy atom. The molecule has 6 nitrogen and oxygen atoms in total. The molecule has 1 saturated carbocycles. The normalized spacial score (nSPS) is 15.6. The molecule has 1 aromatic carbocycles. The van der Waals surface area contributed by atoms with Gasteiger partial charge < -0.3 is 15.4 Å². The van der Waals surface area contributed by atoms with E-state index in [2.05, 4.69) is 32.7 Å². The van der Waals surface area contributed by atoms with E-state index in [9.17, 15) is 4.79 Å². The molecule has 3 rings (SSSR count). The van der Waals surface area contributed by atoms with Crippen molar-refractivity contribution >= 4 is 11.9 Å². The average Bonchev–Trinajstić information content (AvgIpc) is 3.12. The quantitative estimate of drug-likeness (QED) is 0.810. The predicted octanol–water partition coefficient (Wildman–Crippen LogP) is 2.87. The van der Waals surface area contributed by atoms with Crippen molar-refractivity contribution in [1.29, 1.82) is 0 Å². The van der Waals surface area contributed by atoms with Crippen LogP contribution in [0.1, 0.15) is 37.7 Å². The average molecular weight is 340 g/mol. The van der Waals surface area contributed by atoms with Crippen molar-refractivity contribution < 1.29 is 9.53 Å². The van der Waals surface area contributed by atoms with E-state index < -0.39 is 0 Å². The molecule has 2 aromatic rings. The van der Waals surface area contributed by atoms with Crippen LogP contribution >= 0.6 is 0 Å². The van der Waals surface area contributed by atoms with Gasteiger partial charge in [0, 0.05) is 25.4 Å². The Labute approximate surface area is 148 Å². The molecule has 0 saturated heterocycles. The maximum Gasteiger partial charge on any atom is 0.222 e. The highest BCUT2D eigenvalue weighted by atomic mass is 16.5. The fourth-order valence-electron chi connectivity index (χ4n) is 3.38. The van der Waals surface area contributed by atoms with Gasteiger partial charge in [0.2, 0.25) is 11.9 Å². The van der Waals surface area contributed by atoms with Crippen LogP contribution in [-0.4, -0.2) is 29.5 Å². The predicted molar refractivity (Wildman–Crippen MR) is 96.4 cm³/mol. The molecule has 1 aromatic heterocycles. The van der Waals surface area contributed by atoms with Crippen molar-refractivity contribution in [2.24, 2.45) is 0 Å². The fraction of sp³-hybridized carbons (Fsp3) is 0.421. The van der Waals surface area contributed by atoms with Crippen LogP contribution in [0.15, 0.2) is 42.7 Å². The van der Waals surface area contributed by atoms with E-state index in [1.165, 1.54) is 0 Å². The zero-order valence-electron chi connectivity index (χ0n) is 14.5. The molecule has 0 radical (unpaired) electrons. The van der Waals surface area contributed by atoms with Crippen LogP contribution in [-0.2, 0) is 10.3 Å². The van der Waals surface area contributed by atoms with E-state index >= 15 is 0 Å². The van der Waals surface area contributed by atoms with Gasteiger partial charge in [0.25, 0.3) is 0 Å². The summed E-state index contributed by atoms with van der Waals surface area (Å²) in [6, 6.07) is 9.78. The Balaban J connectivity index is 1.60. The van der Waals surface area contributed by atoms with Crippen LogP contribution in [0.25, 0.3) is 0 Å². The summed E-state index contributed by atoms with van der Waals surface area (Å²) in [7, 11) is 1.66. The second kappa shape index (κ2) is 7.96. The summed E-state index contributed by atoms with van der Waals surface area (Å²) in [5.74, 6) is 1.41. The Morgan fingerprint density at radius 3 is 2.48 bits per heavy atom. The minimum atomic E-state index is -0.257. The first-order valence-electron chi connectivity index (χ1n) is 8.68. The van der Waals surface area contributed by atoms with Crippen LogP contribution in [0.2, 0.25) is 0 Å². The van der Waals surface area contributed by atoms with E-state index in [0.717, 1.165) is 37.0 Å². The van der Waals surface area contributed by atoms with Gasteiger partial charge in [-0.3, -0.25) is 4.79 Å². The molecule has 1 fully saturated rings. The number of methoxy groups -OCH3 is 1. The van der Waals surface area contributed by atoms with E-state index in [-0.39, 0.29) is 11.4 Å². The summed E-state index contributed by atoms with van der Waals surface area (Å²) in [6.45, 7) is 0.508. The Kier molecular flexibility index (Phi) is 5.48. The number of hydrogen-bond donors (Lipinski definition) is 2. The van der Waals surface area contributed by atoms with Gasteiger partial charge in [-0.1, -0.05) is 25.0 Å². The number of rotatable bonds is 7. The van der Waals surface area contributed by atoms with Crippen molar-refractivity contribution in [2.75, 3.05) is 19.0 Å². The summed E-state index contributed by atoms with van der Waals surface area (Å²) >= 11 is 0. The van der Waals surface area contributed by atoms with E-state index in [4.69, 9.17) is 4.74 Å². The van der Waals surface area contributed by atoms with Crippen LogP contribution < -0.4 is 15.4 Å². The molecule has 1 aliphatic carbocycles. The zero-order valence-corrected chi connectivity index (χ0v) is 14.5. The van der Waals surface area contributed by atoms with Gasteiger partial charge in [-0.05, 0) is 36.6 Å². The van der Waals surface area contributed by atoms with Crippen LogP contribution in [0.4, 0.5) is 5.95 Å². The highest BCUT2D eigenvalue weighted by molar-refractivity contribution is 5.77. The van der Waals surface area contributed by atoms with Crippen LogP contribution in [0.3, 0.4) is 0 Å². The molecule has 1 heterocycles. The molecule has 2 N–H and O–H groups in total. The van der Waals surface area contributed by atoms with E-state index in [1.807, 2.05) is 12.1 Å². The molecule has 0 aliphatic heterocycles. The van der Waals surface area contributed by atoms with Crippen molar-refractivity contribution in [2.45, 2.75) is 37.6 Å². The topological polar surface area (TPSA) is 76.1 Å². The monoisotopic (exact) mass is 340 g/mol. The number of carbonyl (C=O) groups excluding carboxylic acids is 1. The molecule has 0 atom stereocenters.